The minimum Gasteiger partial charge on any atom is -0.432 e. The predicted octanol–water partition coefficient (Wildman–Crippen LogP) is 2.44. The number of hydrogen-bond acceptors (Lipinski definition) is 10. The van der Waals surface area contributed by atoms with Crippen LogP contribution >= 0.6 is 0 Å². The molecule has 1 aliphatic heterocycles. The Labute approximate surface area is 273 Å². The van der Waals surface area contributed by atoms with Gasteiger partial charge in [-0.25, -0.2) is 0 Å². The highest BCUT2D eigenvalue weighted by Gasteiger charge is 2.71. The summed E-state index contributed by atoms with van der Waals surface area (Å²) in [4.78, 5) is 14.4. The van der Waals surface area contributed by atoms with Crippen LogP contribution in [0.4, 0.5) is 0 Å². The van der Waals surface area contributed by atoms with Gasteiger partial charge in [0.25, 0.3) is 0 Å². The van der Waals surface area contributed by atoms with Gasteiger partial charge in [0, 0.05) is 5.41 Å². The molecule has 46 heavy (non-hydrogen) atoms. The van der Waals surface area contributed by atoms with E-state index in [1.807, 2.05) is 6.92 Å². The van der Waals surface area contributed by atoms with Gasteiger partial charge in [-0.1, -0.05) is 53.2 Å². The highest BCUT2D eigenvalue weighted by atomic mass is 16.7. The third-order valence-electron chi connectivity index (χ3n) is 15.2. The summed E-state index contributed by atoms with van der Waals surface area (Å²) < 4.78 is 11.5. The smallest absolute Gasteiger partial charge is 0.315 e. The Balaban J connectivity index is 1.36. The largest absolute Gasteiger partial charge is 0.432 e. The number of esters is 1. The average molecular weight is 651 g/mol. The number of allylic oxidation sites excluding steroid dienone is 2. The van der Waals surface area contributed by atoms with E-state index in [-0.39, 0.29) is 46.0 Å². The lowest BCUT2D eigenvalue weighted by molar-refractivity contribution is -0.297. The number of carbonyl (C=O) groups excluding carboxylic acids is 1. The van der Waals surface area contributed by atoms with E-state index in [2.05, 4.69) is 40.7 Å². The van der Waals surface area contributed by atoms with Crippen molar-refractivity contribution in [3.8, 4) is 0 Å². The molecule has 0 aromatic carbocycles. The van der Waals surface area contributed by atoms with Crippen molar-refractivity contribution in [2.75, 3.05) is 13.2 Å². The number of rotatable bonds is 4. The molecule has 0 aromatic rings. The molecule has 4 saturated carbocycles. The Morgan fingerprint density at radius 1 is 0.870 bits per heavy atom. The number of carbonyl (C=O) groups is 1. The second-order valence-corrected chi connectivity index (χ2v) is 17.9. The van der Waals surface area contributed by atoms with E-state index in [0.717, 1.165) is 38.5 Å². The molecule has 0 radical (unpaired) electrons. The summed E-state index contributed by atoms with van der Waals surface area (Å²) in [7, 11) is 0. The first-order valence-corrected chi connectivity index (χ1v) is 17.5. The van der Waals surface area contributed by atoms with Gasteiger partial charge in [-0.2, -0.15) is 0 Å². The lowest BCUT2D eigenvalue weighted by Gasteiger charge is -2.71. The molecule has 6 rings (SSSR count). The minimum atomic E-state index is -1.65. The third kappa shape index (κ3) is 4.60. The standard InChI is InChI=1S/C36H58O10/c1-31(2)11-13-36(30(44)46-29-27(42)26(41)25(40)22(17-37)45-29)14-12-34(5)19(20(36)15-31)7-8-24-32(3)16-21(39)28(43)33(4,18-38)23(32)9-10-35(24,34)6/h7,20-29,37-43H,8-18H2,1-6H3. The maximum absolute atomic E-state index is 14.4. The maximum Gasteiger partial charge on any atom is 0.315 e. The normalized spacial score (nSPS) is 54.8. The molecule has 10 heteroatoms. The lowest BCUT2D eigenvalue weighted by Crippen LogP contribution is -2.68. The summed E-state index contributed by atoms with van der Waals surface area (Å²) in [6, 6.07) is 0. The van der Waals surface area contributed by atoms with E-state index in [1.54, 1.807) is 0 Å². The summed E-state index contributed by atoms with van der Waals surface area (Å²) >= 11 is 0. The molecule has 1 heterocycles. The molecule has 6 aliphatic rings. The molecule has 0 aromatic heterocycles. The predicted molar refractivity (Wildman–Crippen MR) is 168 cm³/mol. The fraction of sp³-hybridized carbons (Fsp3) is 0.917. The van der Waals surface area contributed by atoms with Crippen molar-refractivity contribution in [3.05, 3.63) is 11.6 Å². The zero-order valence-corrected chi connectivity index (χ0v) is 28.5. The van der Waals surface area contributed by atoms with Crippen LogP contribution in [-0.2, 0) is 14.3 Å². The lowest BCUT2D eigenvalue weighted by atomic mass is 9.33. The van der Waals surface area contributed by atoms with Crippen LogP contribution in [0.15, 0.2) is 11.6 Å². The second kappa shape index (κ2) is 11.2. The zero-order chi connectivity index (χ0) is 33.8. The van der Waals surface area contributed by atoms with Crippen LogP contribution in [0.3, 0.4) is 0 Å². The molecule has 0 bridgehead atoms. The molecule has 5 fully saturated rings. The quantitative estimate of drug-likeness (QED) is 0.177. The van der Waals surface area contributed by atoms with Gasteiger partial charge in [0.1, 0.15) is 24.4 Å². The number of aliphatic hydroxyl groups is 7. The van der Waals surface area contributed by atoms with Crippen LogP contribution in [0, 0.1) is 50.2 Å². The van der Waals surface area contributed by atoms with Crippen molar-refractivity contribution >= 4 is 5.97 Å². The van der Waals surface area contributed by atoms with Crippen LogP contribution in [0.5, 0.6) is 0 Å². The summed E-state index contributed by atoms with van der Waals surface area (Å²) in [5.74, 6) is -0.293. The molecule has 10 nitrogen and oxygen atoms in total. The Morgan fingerprint density at radius 3 is 2.20 bits per heavy atom. The number of fused-ring (bicyclic) bond motifs is 7. The van der Waals surface area contributed by atoms with Crippen molar-refractivity contribution in [1.82, 2.24) is 0 Å². The SMILES string of the molecule is CC1(C)CCC2(C(=O)OC3OC(CO)C(O)C(O)C3O)CCC3(C)C(=CCC4C5(C)CC(O)C(O)C(C)(CO)C5CCC43C)C2C1. The second-order valence-electron chi connectivity index (χ2n) is 17.9. The Hall–Kier alpha value is -1.11. The van der Waals surface area contributed by atoms with Crippen LogP contribution in [0.1, 0.15) is 99.3 Å². The molecule has 15 atom stereocenters. The molecule has 15 unspecified atom stereocenters. The molecule has 1 saturated heterocycles. The van der Waals surface area contributed by atoms with Crippen LogP contribution in [0.25, 0.3) is 0 Å². The van der Waals surface area contributed by atoms with Crippen molar-refractivity contribution in [2.45, 2.75) is 142 Å². The summed E-state index contributed by atoms with van der Waals surface area (Å²) in [6.45, 7) is 12.7. The monoisotopic (exact) mass is 650 g/mol. The summed E-state index contributed by atoms with van der Waals surface area (Å²) in [6.07, 6.45) is -0.357. The van der Waals surface area contributed by atoms with E-state index in [4.69, 9.17) is 9.47 Å². The fourth-order valence-electron chi connectivity index (χ4n) is 12.1. The van der Waals surface area contributed by atoms with E-state index in [9.17, 15) is 40.5 Å². The fourth-order valence-corrected chi connectivity index (χ4v) is 12.1. The molecule has 7 N–H and O–H groups in total. The third-order valence-corrected chi connectivity index (χ3v) is 15.2. The molecule has 5 aliphatic carbocycles. The van der Waals surface area contributed by atoms with E-state index < -0.39 is 66.3 Å². The zero-order valence-electron chi connectivity index (χ0n) is 28.5. The van der Waals surface area contributed by atoms with Crippen molar-refractivity contribution in [1.29, 1.82) is 0 Å². The van der Waals surface area contributed by atoms with Gasteiger partial charge in [0.15, 0.2) is 0 Å². The minimum absolute atomic E-state index is 0.00930. The summed E-state index contributed by atoms with van der Waals surface area (Å²) in [5.41, 5.74) is -1.02. The van der Waals surface area contributed by atoms with Crippen molar-refractivity contribution in [3.63, 3.8) is 0 Å². The number of aliphatic hydroxyl groups excluding tert-OH is 7. The molecule has 262 valence electrons. The molecule has 0 amide bonds. The topological polar surface area (TPSA) is 177 Å². The first kappa shape index (κ1) is 34.7. The van der Waals surface area contributed by atoms with Gasteiger partial charge in [-0.15, -0.1) is 0 Å². The maximum atomic E-state index is 14.4. The molecular weight excluding hydrogens is 592 g/mol. The Bertz CT molecular complexity index is 1240. The Morgan fingerprint density at radius 2 is 1.54 bits per heavy atom. The van der Waals surface area contributed by atoms with Gasteiger partial charge in [0.05, 0.1) is 30.8 Å². The Kier molecular flexibility index (Phi) is 8.46. The summed E-state index contributed by atoms with van der Waals surface area (Å²) in [5, 5.41) is 73.8. The van der Waals surface area contributed by atoms with Crippen LogP contribution < -0.4 is 0 Å². The highest BCUT2D eigenvalue weighted by Crippen LogP contribution is 2.75. The van der Waals surface area contributed by atoms with Crippen LogP contribution in [-0.4, -0.2) is 97.8 Å². The molecule has 0 spiro atoms. The highest BCUT2D eigenvalue weighted by molar-refractivity contribution is 5.79. The van der Waals surface area contributed by atoms with E-state index in [0.29, 0.717) is 19.3 Å². The van der Waals surface area contributed by atoms with Gasteiger partial charge in [-0.05, 0) is 97.2 Å². The van der Waals surface area contributed by atoms with Crippen molar-refractivity contribution < 1.29 is 50.0 Å². The van der Waals surface area contributed by atoms with E-state index >= 15 is 0 Å². The number of hydrogen-bond donors (Lipinski definition) is 7. The van der Waals surface area contributed by atoms with Gasteiger partial charge >= 0.3 is 5.97 Å². The van der Waals surface area contributed by atoms with E-state index in [1.165, 1.54) is 5.57 Å². The van der Waals surface area contributed by atoms with Gasteiger partial charge < -0.3 is 45.2 Å². The van der Waals surface area contributed by atoms with Gasteiger partial charge in [0.2, 0.25) is 6.29 Å². The van der Waals surface area contributed by atoms with Crippen molar-refractivity contribution in [2.24, 2.45) is 50.2 Å². The van der Waals surface area contributed by atoms with Gasteiger partial charge in [-0.3, -0.25) is 4.79 Å². The average Bonchev–Trinajstić information content (AvgIpc) is 3.00. The number of ether oxygens (including phenoxy) is 2. The molecular formula is C36H58O10. The van der Waals surface area contributed by atoms with Crippen LogP contribution in [0.2, 0.25) is 0 Å². The first-order chi connectivity index (χ1) is 21.3. The first-order valence-electron chi connectivity index (χ1n) is 17.5.